The number of hydrogen-bond donors (Lipinski definition) is 1. The van der Waals surface area contributed by atoms with E-state index < -0.39 is 9.84 Å². The zero-order valence-corrected chi connectivity index (χ0v) is 11.2. The molecular weight excluding hydrogens is 242 g/mol. The molecular formula is C11H17NO2S2. The van der Waals surface area contributed by atoms with Crippen molar-refractivity contribution in [1.29, 1.82) is 0 Å². The molecule has 0 unspecified atom stereocenters. The number of anilines is 1. The summed E-state index contributed by atoms with van der Waals surface area (Å²) in [7, 11) is -3.23. The van der Waals surface area contributed by atoms with Gasteiger partial charge >= 0.3 is 0 Å². The summed E-state index contributed by atoms with van der Waals surface area (Å²) in [4.78, 5) is 0.259. The zero-order valence-electron chi connectivity index (χ0n) is 9.56. The Hall–Kier alpha value is -0.680. The molecule has 0 bridgehead atoms. The van der Waals surface area contributed by atoms with Gasteiger partial charge in [-0.2, -0.15) is 11.8 Å². The predicted octanol–water partition coefficient (Wildman–Crippen LogP) is 2.10. The van der Waals surface area contributed by atoms with Crippen molar-refractivity contribution in [2.75, 3.05) is 23.0 Å². The largest absolute Gasteiger partial charge is 0.398 e. The lowest BCUT2D eigenvalue weighted by molar-refractivity contribution is 0.598. The molecule has 0 spiro atoms. The lowest BCUT2D eigenvalue weighted by Gasteiger charge is -2.07. The van der Waals surface area contributed by atoms with Gasteiger partial charge in [0.15, 0.2) is 9.84 Å². The van der Waals surface area contributed by atoms with Crippen molar-refractivity contribution < 1.29 is 8.42 Å². The quantitative estimate of drug-likeness (QED) is 0.650. The van der Waals surface area contributed by atoms with Crippen LogP contribution in [0.2, 0.25) is 0 Å². The van der Waals surface area contributed by atoms with Gasteiger partial charge in [-0.1, -0.05) is 13.0 Å². The molecule has 16 heavy (non-hydrogen) atoms. The lowest BCUT2D eigenvalue weighted by Crippen LogP contribution is -2.11. The molecule has 3 nitrogen and oxygen atoms in total. The first-order valence-corrected chi connectivity index (χ1v) is 7.94. The number of aryl methyl sites for hydroxylation is 1. The van der Waals surface area contributed by atoms with Gasteiger partial charge in [0.05, 0.1) is 16.3 Å². The topological polar surface area (TPSA) is 60.2 Å². The average molecular weight is 259 g/mol. The summed E-state index contributed by atoms with van der Waals surface area (Å²) in [5.41, 5.74) is 7.05. The molecule has 0 amide bonds. The number of thioether (sulfide) groups is 1. The van der Waals surface area contributed by atoms with Crippen molar-refractivity contribution >= 4 is 27.3 Å². The number of hydrogen-bond acceptors (Lipinski definition) is 4. The summed E-state index contributed by atoms with van der Waals surface area (Å²) >= 11 is 1.62. The van der Waals surface area contributed by atoms with Gasteiger partial charge in [-0.3, -0.25) is 0 Å². The fraction of sp³-hybridized carbons (Fsp3) is 0.455. The molecule has 90 valence electrons. The van der Waals surface area contributed by atoms with E-state index in [9.17, 15) is 8.42 Å². The van der Waals surface area contributed by atoms with Gasteiger partial charge in [-0.05, 0) is 30.4 Å². The number of nitrogen functional groups attached to an aromatic ring is 1. The van der Waals surface area contributed by atoms with Crippen LogP contribution in [0, 0.1) is 6.92 Å². The molecule has 0 aliphatic rings. The molecule has 0 fully saturated rings. The molecule has 0 heterocycles. The molecule has 0 saturated carbocycles. The predicted molar refractivity (Wildman–Crippen MR) is 70.6 cm³/mol. The van der Waals surface area contributed by atoms with Crippen LogP contribution in [0.3, 0.4) is 0 Å². The maximum atomic E-state index is 11.9. The summed E-state index contributed by atoms with van der Waals surface area (Å²) in [6.07, 6.45) is 0. The molecule has 1 rings (SSSR count). The third-order valence-electron chi connectivity index (χ3n) is 2.20. The lowest BCUT2D eigenvalue weighted by atomic mass is 10.2. The van der Waals surface area contributed by atoms with E-state index in [0.717, 1.165) is 11.3 Å². The molecule has 0 aliphatic carbocycles. The van der Waals surface area contributed by atoms with Crippen LogP contribution in [0.15, 0.2) is 23.1 Å². The Morgan fingerprint density at radius 3 is 2.62 bits per heavy atom. The van der Waals surface area contributed by atoms with Gasteiger partial charge in [-0.15, -0.1) is 0 Å². The Kier molecular flexibility index (Phi) is 4.68. The molecule has 1 aromatic carbocycles. The van der Waals surface area contributed by atoms with Crippen molar-refractivity contribution in [3.8, 4) is 0 Å². The van der Waals surface area contributed by atoms with Gasteiger partial charge < -0.3 is 5.73 Å². The van der Waals surface area contributed by atoms with E-state index in [1.54, 1.807) is 30.0 Å². The van der Waals surface area contributed by atoms with Crippen molar-refractivity contribution in [1.82, 2.24) is 0 Å². The summed E-state index contributed by atoms with van der Waals surface area (Å²) in [6, 6.07) is 5.06. The third kappa shape index (κ3) is 3.42. The summed E-state index contributed by atoms with van der Waals surface area (Å²) in [6.45, 7) is 3.90. The summed E-state index contributed by atoms with van der Waals surface area (Å²) < 4.78 is 23.9. The minimum Gasteiger partial charge on any atom is -0.398 e. The molecule has 0 atom stereocenters. The van der Waals surface area contributed by atoms with Crippen LogP contribution in [0.4, 0.5) is 5.69 Å². The number of rotatable bonds is 5. The van der Waals surface area contributed by atoms with Crippen LogP contribution >= 0.6 is 11.8 Å². The minimum atomic E-state index is -3.23. The molecule has 2 N–H and O–H groups in total. The second kappa shape index (κ2) is 5.59. The van der Waals surface area contributed by atoms with Gasteiger partial charge in [0.2, 0.25) is 0 Å². The van der Waals surface area contributed by atoms with Crippen LogP contribution in [0.25, 0.3) is 0 Å². The standard InChI is InChI=1S/C11H17NO2S2/c1-3-15-6-7-16(13,14)11-5-4-9(2)8-10(11)12/h4-5,8H,3,6-7,12H2,1-2H3. The van der Waals surface area contributed by atoms with Crippen LogP contribution < -0.4 is 5.73 Å². The normalized spacial score (nSPS) is 11.6. The van der Waals surface area contributed by atoms with Crippen LogP contribution in [-0.4, -0.2) is 25.7 Å². The van der Waals surface area contributed by atoms with Gasteiger partial charge in [0.1, 0.15) is 0 Å². The van der Waals surface area contributed by atoms with Gasteiger partial charge in [-0.25, -0.2) is 8.42 Å². The van der Waals surface area contributed by atoms with E-state index >= 15 is 0 Å². The molecule has 0 saturated heterocycles. The highest BCUT2D eigenvalue weighted by molar-refractivity contribution is 8.00. The first kappa shape index (κ1) is 13.4. The first-order chi connectivity index (χ1) is 7.47. The second-order valence-corrected chi connectivity index (χ2v) is 7.03. The van der Waals surface area contributed by atoms with Crippen LogP contribution in [0.1, 0.15) is 12.5 Å². The number of benzene rings is 1. The van der Waals surface area contributed by atoms with Crippen molar-refractivity contribution in [2.24, 2.45) is 0 Å². The van der Waals surface area contributed by atoms with E-state index in [4.69, 9.17) is 5.73 Å². The molecule has 5 heteroatoms. The van der Waals surface area contributed by atoms with E-state index in [0.29, 0.717) is 11.4 Å². The third-order valence-corrected chi connectivity index (χ3v) is 5.14. The number of sulfone groups is 1. The Bertz CT molecular complexity index is 455. The van der Waals surface area contributed by atoms with Crippen molar-refractivity contribution in [2.45, 2.75) is 18.7 Å². The van der Waals surface area contributed by atoms with Crippen LogP contribution in [0.5, 0.6) is 0 Å². The zero-order chi connectivity index (χ0) is 12.2. The van der Waals surface area contributed by atoms with Gasteiger partial charge in [0, 0.05) is 5.75 Å². The SMILES string of the molecule is CCSCCS(=O)(=O)c1ccc(C)cc1N. The van der Waals surface area contributed by atoms with Crippen molar-refractivity contribution in [3.63, 3.8) is 0 Å². The van der Waals surface area contributed by atoms with E-state index in [-0.39, 0.29) is 10.6 Å². The Labute approximate surface area is 101 Å². The smallest absolute Gasteiger partial charge is 0.181 e. The highest BCUT2D eigenvalue weighted by Gasteiger charge is 2.16. The van der Waals surface area contributed by atoms with E-state index in [1.807, 2.05) is 13.8 Å². The monoisotopic (exact) mass is 259 g/mol. The van der Waals surface area contributed by atoms with Crippen LogP contribution in [-0.2, 0) is 9.84 Å². The first-order valence-electron chi connectivity index (χ1n) is 5.14. The second-order valence-electron chi connectivity index (χ2n) is 3.56. The minimum absolute atomic E-state index is 0.152. The fourth-order valence-electron chi connectivity index (χ4n) is 1.37. The Morgan fingerprint density at radius 2 is 2.06 bits per heavy atom. The Balaban J connectivity index is 2.90. The number of nitrogens with two attached hydrogens (primary N) is 1. The van der Waals surface area contributed by atoms with Gasteiger partial charge in [0.25, 0.3) is 0 Å². The van der Waals surface area contributed by atoms with Crippen molar-refractivity contribution in [3.05, 3.63) is 23.8 Å². The fourth-order valence-corrected chi connectivity index (χ4v) is 3.93. The molecule has 0 radical (unpaired) electrons. The van der Waals surface area contributed by atoms with E-state index in [1.165, 1.54) is 0 Å². The maximum absolute atomic E-state index is 11.9. The average Bonchev–Trinajstić information content (AvgIpc) is 2.17. The maximum Gasteiger partial charge on any atom is 0.181 e. The summed E-state index contributed by atoms with van der Waals surface area (Å²) in [5, 5.41) is 0. The highest BCUT2D eigenvalue weighted by Crippen LogP contribution is 2.21. The molecule has 0 aliphatic heterocycles. The Morgan fingerprint density at radius 1 is 1.38 bits per heavy atom. The highest BCUT2D eigenvalue weighted by atomic mass is 32.2. The van der Waals surface area contributed by atoms with E-state index in [2.05, 4.69) is 0 Å². The summed E-state index contributed by atoms with van der Waals surface area (Å²) in [5.74, 6) is 1.70. The molecule has 0 aromatic heterocycles. The molecule has 1 aromatic rings.